The van der Waals surface area contributed by atoms with E-state index in [0.717, 1.165) is 31.4 Å². The summed E-state index contributed by atoms with van der Waals surface area (Å²) >= 11 is 0. The van der Waals surface area contributed by atoms with Crippen LogP contribution in [0.3, 0.4) is 0 Å². The van der Waals surface area contributed by atoms with Crippen LogP contribution in [0.25, 0.3) is 16.7 Å². The number of rotatable bonds is 5. The van der Waals surface area contributed by atoms with Crippen molar-refractivity contribution in [2.75, 3.05) is 30.4 Å². The Kier molecular flexibility index (Phi) is 5.22. The summed E-state index contributed by atoms with van der Waals surface area (Å²) in [5.74, 6) is 1.05. The third kappa shape index (κ3) is 3.66. The average Bonchev–Trinajstić information content (AvgIpc) is 3.15. The van der Waals surface area contributed by atoms with Crippen LogP contribution in [0.2, 0.25) is 0 Å². The molecule has 0 atom stereocenters. The van der Waals surface area contributed by atoms with E-state index in [1.165, 1.54) is 11.1 Å². The van der Waals surface area contributed by atoms with Gasteiger partial charge < -0.3 is 15.0 Å². The Bertz CT molecular complexity index is 1340. The van der Waals surface area contributed by atoms with Gasteiger partial charge in [0.05, 0.1) is 18.1 Å². The van der Waals surface area contributed by atoms with E-state index in [2.05, 4.69) is 15.3 Å². The zero-order chi connectivity index (χ0) is 22.1. The molecule has 1 amide bonds. The molecule has 2 aromatic carbocycles. The fourth-order valence-electron chi connectivity index (χ4n) is 4.11. The molecule has 0 spiro atoms. The molecule has 3 heterocycles. The van der Waals surface area contributed by atoms with Gasteiger partial charge in [-0.25, -0.2) is 18.9 Å². The summed E-state index contributed by atoms with van der Waals surface area (Å²) in [4.78, 5) is 32.9. The Balaban J connectivity index is 1.52. The number of carbonyl (C=O) groups is 1. The predicted molar refractivity (Wildman–Crippen MR) is 122 cm³/mol. The summed E-state index contributed by atoms with van der Waals surface area (Å²) in [5.41, 5.74) is 2.14. The Hall–Kier alpha value is -3.88. The van der Waals surface area contributed by atoms with Crippen molar-refractivity contribution in [3.8, 4) is 5.75 Å². The van der Waals surface area contributed by atoms with Crippen LogP contribution in [-0.2, 0) is 11.3 Å². The van der Waals surface area contributed by atoms with Crippen LogP contribution in [-0.4, -0.2) is 45.3 Å². The molecule has 5 rings (SSSR count). The minimum Gasteiger partial charge on any atom is -0.497 e. The van der Waals surface area contributed by atoms with E-state index in [0.29, 0.717) is 28.4 Å². The molecular weight excluding hydrogens is 408 g/mol. The number of amides is 1. The molecule has 1 saturated heterocycles. The van der Waals surface area contributed by atoms with Crippen molar-refractivity contribution in [3.05, 3.63) is 59.0 Å². The summed E-state index contributed by atoms with van der Waals surface area (Å²) in [7, 11) is 1.58. The van der Waals surface area contributed by atoms with Gasteiger partial charge in [-0.3, -0.25) is 4.79 Å². The van der Waals surface area contributed by atoms with Gasteiger partial charge in [0.2, 0.25) is 11.6 Å². The van der Waals surface area contributed by atoms with Crippen molar-refractivity contribution in [2.45, 2.75) is 25.8 Å². The summed E-state index contributed by atoms with van der Waals surface area (Å²) in [6.07, 6.45) is 3.35. The number of benzene rings is 2. The molecule has 9 nitrogen and oxygen atoms in total. The Morgan fingerprint density at radius 2 is 1.81 bits per heavy atom. The first-order valence-corrected chi connectivity index (χ1v) is 10.7. The SMILES string of the molecule is COc1ccc(NC(=O)Cn2nc3c(N4CCCCC4)nc4ccccc4n3c2=O)cc1. The highest BCUT2D eigenvalue weighted by molar-refractivity contribution is 5.90. The van der Waals surface area contributed by atoms with E-state index < -0.39 is 0 Å². The summed E-state index contributed by atoms with van der Waals surface area (Å²) in [6, 6.07) is 14.5. The minimum absolute atomic E-state index is 0.194. The van der Waals surface area contributed by atoms with Gasteiger partial charge in [0, 0.05) is 18.8 Å². The first kappa shape index (κ1) is 20.0. The van der Waals surface area contributed by atoms with Crippen LogP contribution in [0.4, 0.5) is 11.5 Å². The van der Waals surface area contributed by atoms with Crippen molar-refractivity contribution in [3.63, 3.8) is 0 Å². The van der Waals surface area contributed by atoms with E-state index in [-0.39, 0.29) is 18.1 Å². The number of piperidine rings is 1. The largest absolute Gasteiger partial charge is 0.497 e. The minimum atomic E-state index is -0.359. The second-order valence-corrected chi connectivity index (χ2v) is 7.85. The number of ether oxygens (including phenoxy) is 1. The van der Waals surface area contributed by atoms with Gasteiger partial charge in [-0.1, -0.05) is 12.1 Å². The lowest BCUT2D eigenvalue weighted by atomic mass is 10.1. The van der Waals surface area contributed by atoms with Crippen LogP contribution in [0.5, 0.6) is 5.75 Å². The molecule has 1 aliphatic heterocycles. The molecule has 2 aromatic heterocycles. The highest BCUT2D eigenvalue weighted by Crippen LogP contribution is 2.25. The molecule has 0 aliphatic carbocycles. The third-order valence-corrected chi connectivity index (χ3v) is 5.71. The van der Waals surface area contributed by atoms with Crippen LogP contribution >= 0.6 is 0 Å². The maximum Gasteiger partial charge on any atom is 0.351 e. The number of nitrogens with zero attached hydrogens (tertiary/aromatic N) is 5. The predicted octanol–water partition coefficient (Wildman–Crippen LogP) is 2.68. The smallest absolute Gasteiger partial charge is 0.351 e. The fourth-order valence-corrected chi connectivity index (χ4v) is 4.11. The number of anilines is 2. The first-order valence-electron chi connectivity index (χ1n) is 10.7. The zero-order valence-electron chi connectivity index (χ0n) is 17.8. The summed E-state index contributed by atoms with van der Waals surface area (Å²) < 4.78 is 7.90. The Morgan fingerprint density at radius 3 is 2.56 bits per heavy atom. The van der Waals surface area contributed by atoms with Crippen LogP contribution in [0.1, 0.15) is 19.3 Å². The number of para-hydroxylation sites is 2. The topological polar surface area (TPSA) is 93.8 Å². The van der Waals surface area contributed by atoms with Crippen molar-refractivity contribution >= 4 is 34.1 Å². The molecule has 9 heteroatoms. The number of carbonyl (C=O) groups excluding carboxylic acids is 1. The fraction of sp³-hybridized carbons (Fsp3) is 0.304. The van der Waals surface area contributed by atoms with Gasteiger partial charge >= 0.3 is 5.69 Å². The standard InChI is InChI=1S/C23H24N6O3/c1-32-17-11-9-16(10-12-17)24-20(30)15-28-23(31)29-19-8-4-3-7-18(19)25-21(22(29)26-28)27-13-5-2-6-14-27/h3-4,7-12H,2,5-6,13-15H2,1H3,(H,24,30). The van der Waals surface area contributed by atoms with Gasteiger partial charge in [0.15, 0.2) is 5.82 Å². The van der Waals surface area contributed by atoms with E-state index >= 15 is 0 Å². The van der Waals surface area contributed by atoms with Crippen LogP contribution < -0.4 is 20.6 Å². The molecule has 1 fully saturated rings. The number of hydrogen-bond donors (Lipinski definition) is 1. The van der Waals surface area contributed by atoms with Crippen molar-refractivity contribution in [2.24, 2.45) is 0 Å². The molecule has 32 heavy (non-hydrogen) atoms. The number of fused-ring (bicyclic) bond motifs is 3. The number of nitrogens with one attached hydrogen (secondary N) is 1. The van der Waals surface area contributed by atoms with Gasteiger partial charge in [0.1, 0.15) is 12.3 Å². The van der Waals surface area contributed by atoms with Crippen LogP contribution in [0, 0.1) is 0 Å². The lowest BCUT2D eigenvalue weighted by Crippen LogP contribution is -2.31. The maximum absolute atomic E-state index is 13.3. The van der Waals surface area contributed by atoms with Crippen LogP contribution in [0.15, 0.2) is 53.3 Å². The number of aromatic nitrogens is 4. The van der Waals surface area contributed by atoms with E-state index in [4.69, 9.17) is 9.72 Å². The van der Waals surface area contributed by atoms with Gasteiger partial charge in [-0.2, -0.15) is 0 Å². The maximum atomic E-state index is 13.3. The van der Waals surface area contributed by atoms with Gasteiger partial charge in [-0.15, -0.1) is 5.10 Å². The Labute approximate surface area is 184 Å². The molecule has 1 N–H and O–H groups in total. The molecule has 0 radical (unpaired) electrons. The summed E-state index contributed by atoms with van der Waals surface area (Å²) in [5, 5.41) is 7.33. The highest BCUT2D eigenvalue weighted by Gasteiger charge is 2.22. The molecule has 164 valence electrons. The lowest BCUT2D eigenvalue weighted by molar-refractivity contribution is -0.117. The molecular formula is C23H24N6O3. The van der Waals surface area contributed by atoms with Gasteiger partial charge in [-0.05, 0) is 55.7 Å². The zero-order valence-corrected chi connectivity index (χ0v) is 17.8. The summed E-state index contributed by atoms with van der Waals surface area (Å²) in [6.45, 7) is 1.56. The molecule has 0 bridgehead atoms. The number of hydrogen-bond acceptors (Lipinski definition) is 6. The second kappa shape index (κ2) is 8.33. The second-order valence-electron chi connectivity index (χ2n) is 7.85. The van der Waals surface area contributed by atoms with Gasteiger partial charge in [0.25, 0.3) is 0 Å². The normalized spacial score (nSPS) is 14.1. The van der Waals surface area contributed by atoms with Crippen molar-refractivity contribution in [1.29, 1.82) is 0 Å². The lowest BCUT2D eigenvalue weighted by Gasteiger charge is -2.27. The highest BCUT2D eigenvalue weighted by atomic mass is 16.5. The molecule has 4 aromatic rings. The quantitative estimate of drug-likeness (QED) is 0.521. The molecule has 0 saturated carbocycles. The monoisotopic (exact) mass is 432 g/mol. The third-order valence-electron chi connectivity index (χ3n) is 5.71. The van der Waals surface area contributed by atoms with Crippen molar-refractivity contribution in [1.82, 2.24) is 19.2 Å². The van der Waals surface area contributed by atoms with Crippen molar-refractivity contribution < 1.29 is 9.53 Å². The molecule has 0 unspecified atom stereocenters. The Morgan fingerprint density at radius 1 is 1.06 bits per heavy atom. The first-order chi connectivity index (χ1) is 15.6. The molecule has 1 aliphatic rings. The van der Waals surface area contributed by atoms with E-state index in [1.54, 1.807) is 35.8 Å². The van der Waals surface area contributed by atoms with E-state index in [9.17, 15) is 9.59 Å². The average molecular weight is 432 g/mol. The van der Waals surface area contributed by atoms with E-state index in [1.807, 2.05) is 24.3 Å². The number of methoxy groups -OCH3 is 1.